The Balaban J connectivity index is 1.94. The van der Waals surface area contributed by atoms with Crippen molar-refractivity contribution >= 4 is 13.7 Å². The molecule has 12 nitrogen and oxygen atoms in total. The number of nitrogens with one attached hydrogen (secondary N) is 2. The zero-order chi connectivity index (χ0) is 26.8. The number of halogens is 4. The predicted octanol–water partition coefficient (Wildman–Crippen LogP) is 1.52. The monoisotopic (exact) mass is 541 g/mol. The second-order valence-electron chi connectivity index (χ2n) is 7.66. The first-order valence-corrected chi connectivity index (χ1v) is 11.7. The molecule has 0 radical (unpaired) electrons. The number of aliphatic hydroxyl groups is 1. The van der Waals surface area contributed by atoms with Crippen molar-refractivity contribution in [3.8, 4) is 5.75 Å². The van der Waals surface area contributed by atoms with Crippen LogP contribution in [-0.2, 0) is 18.6 Å². The Morgan fingerprint density at radius 3 is 2.53 bits per heavy atom. The maximum Gasteiger partial charge on any atom is 0.460 e. The minimum absolute atomic E-state index is 0.229. The third-order valence-corrected chi connectivity index (χ3v) is 6.59. The number of ether oxygens (including phenoxy) is 1. The molecule has 1 aliphatic rings. The summed E-state index contributed by atoms with van der Waals surface area (Å²) in [6.07, 6.45) is -14.8. The van der Waals surface area contributed by atoms with Gasteiger partial charge >= 0.3 is 25.6 Å². The van der Waals surface area contributed by atoms with Crippen LogP contribution in [0.1, 0.15) is 19.6 Å². The van der Waals surface area contributed by atoms with Crippen LogP contribution in [0.15, 0.2) is 46.1 Å². The fraction of sp³-hybridized carbons (Fsp3) is 0.421. The molecule has 2 heterocycles. The summed E-state index contributed by atoms with van der Waals surface area (Å²) in [4.78, 5) is 36.0. The summed E-state index contributed by atoms with van der Waals surface area (Å²) in [7, 11) is -5.12. The van der Waals surface area contributed by atoms with E-state index in [1.54, 1.807) is 4.98 Å². The Morgan fingerprint density at radius 1 is 1.31 bits per heavy atom. The van der Waals surface area contributed by atoms with Crippen LogP contribution in [0.2, 0.25) is 0 Å². The molecule has 2 unspecified atom stereocenters. The number of benzene rings is 1. The van der Waals surface area contributed by atoms with Gasteiger partial charge in [-0.1, -0.05) is 18.2 Å². The van der Waals surface area contributed by atoms with Gasteiger partial charge in [-0.3, -0.25) is 23.7 Å². The number of rotatable bonds is 9. The van der Waals surface area contributed by atoms with Gasteiger partial charge in [-0.15, -0.1) is 0 Å². The third kappa shape index (κ3) is 6.39. The van der Waals surface area contributed by atoms with E-state index in [9.17, 15) is 41.6 Å². The lowest BCUT2D eigenvalue weighted by Crippen LogP contribution is -2.48. The molecule has 4 N–H and O–H groups in total. The molecule has 36 heavy (non-hydrogen) atoms. The number of alkyl halides is 3. The van der Waals surface area contributed by atoms with Crippen molar-refractivity contribution in [1.82, 2.24) is 14.6 Å². The Bertz CT molecular complexity index is 1250. The van der Waals surface area contributed by atoms with Crippen molar-refractivity contribution in [2.24, 2.45) is 0 Å². The summed E-state index contributed by atoms with van der Waals surface area (Å²) in [5.41, 5.74) is -2.60. The van der Waals surface area contributed by atoms with E-state index in [4.69, 9.17) is 18.9 Å². The molecule has 1 saturated heterocycles. The fourth-order valence-electron chi connectivity index (χ4n) is 3.24. The zero-order valence-electron chi connectivity index (χ0n) is 18.2. The molecule has 0 saturated carbocycles. The second-order valence-corrected chi connectivity index (χ2v) is 9.31. The number of nitrogens with zero attached hydrogens (tertiary/aromatic N) is 1. The maximum atomic E-state index is 14.0. The number of aliphatic carboxylic acids is 1. The van der Waals surface area contributed by atoms with Crippen molar-refractivity contribution in [2.75, 3.05) is 0 Å². The van der Waals surface area contributed by atoms with E-state index in [1.807, 2.05) is 5.09 Å². The average Bonchev–Trinajstić information content (AvgIpc) is 3.15. The van der Waals surface area contributed by atoms with Gasteiger partial charge in [-0.2, -0.15) is 22.6 Å². The first-order chi connectivity index (χ1) is 16.7. The van der Waals surface area contributed by atoms with Crippen molar-refractivity contribution in [3.05, 3.63) is 63.2 Å². The minimum Gasteiger partial charge on any atom is -0.480 e. The van der Waals surface area contributed by atoms with E-state index in [0.29, 0.717) is 10.8 Å². The van der Waals surface area contributed by atoms with Crippen LogP contribution >= 0.6 is 7.75 Å². The second kappa shape index (κ2) is 10.5. The number of para-hydroxylation sites is 1. The van der Waals surface area contributed by atoms with Crippen molar-refractivity contribution in [1.29, 1.82) is 0 Å². The highest BCUT2D eigenvalue weighted by molar-refractivity contribution is 7.52. The van der Waals surface area contributed by atoms with Crippen LogP contribution in [0, 0.1) is 5.82 Å². The number of hydrogen-bond donors (Lipinski definition) is 4. The van der Waals surface area contributed by atoms with E-state index in [2.05, 4.69) is 0 Å². The number of H-pyrrole nitrogens is 1. The van der Waals surface area contributed by atoms with Gasteiger partial charge in [0.1, 0.15) is 24.1 Å². The van der Waals surface area contributed by atoms with Crippen LogP contribution in [-0.4, -0.2) is 56.3 Å². The van der Waals surface area contributed by atoms with Crippen LogP contribution < -0.4 is 20.9 Å². The number of carbonyl (C=O) groups is 1. The molecule has 0 amide bonds. The number of aromatic nitrogens is 2. The molecule has 6 atom stereocenters. The highest BCUT2D eigenvalue weighted by Crippen LogP contribution is 2.50. The largest absolute Gasteiger partial charge is 0.480 e. The molecule has 17 heteroatoms. The smallest absolute Gasteiger partial charge is 0.460 e. The third-order valence-electron chi connectivity index (χ3n) is 4.94. The highest BCUT2D eigenvalue weighted by atomic mass is 31.2. The van der Waals surface area contributed by atoms with Crippen LogP contribution in [0.4, 0.5) is 17.6 Å². The number of carboxylic acid groups (broad SMARTS) is 1. The summed E-state index contributed by atoms with van der Waals surface area (Å²) in [6, 6.07) is 5.07. The number of carboxylic acids is 1. The lowest BCUT2D eigenvalue weighted by molar-refractivity contribution is -0.237. The summed E-state index contributed by atoms with van der Waals surface area (Å²) in [5, 5.41) is 21.3. The molecule has 3 rings (SSSR count). The Morgan fingerprint density at radius 2 is 1.94 bits per heavy atom. The van der Waals surface area contributed by atoms with Crippen LogP contribution in [0.3, 0.4) is 0 Å². The molecule has 2 aromatic rings. The zero-order valence-corrected chi connectivity index (χ0v) is 19.1. The van der Waals surface area contributed by atoms with Crippen LogP contribution in [0.25, 0.3) is 0 Å². The summed E-state index contributed by atoms with van der Waals surface area (Å²) < 4.78 is 84.4. The number of aromatic amines is 1. The average molecular weight is 541 g/mol. The van der Waals surface area contributed by atoms with Gasteiger partial charge in [-0.25, -0.2) is 9.36 Å². The normalized spacial score (nSPS) is 23.6. The fourth-order valence-corrected chi connectivity index (χ4v) is 4.92. The highest BCUT2D eigenvalue weighted by Gasteiger charge is 2.56. The van der Waals surface area contributed by atoms with Gasteiger partial charge < -0.3 is 19.5 Å². The first-order valence-electron chi connectivity index (χ1n) is 10.1. The Labute approximate surface area is 199 Å². The topological polar surface area (TPSA) is 169 Å². The summed E-state index contributed by atoms with van der Waals surface area (Å²) >= 11 is 0. The van der Waals surface area contributed by atoms with Crippen LogP contribution in [0.5, 0.6) is 5.75 Å². The molecule has 0 bridgehead atoms. The molecule has 0 spiro atoms. The van der Waals surface area contributed by atoms with Gasteiger partial charge in [0.05, 0.1) is 12.3 Å². The van der Waals surface area contributed by atoms with Gasteiger partial charge in [0.15, 0.2) is 6.10 Å². The van der Waals surface area contributed by atoms with Gasteiger partial charge in [-0.05, 0) is 19.1 Å². The van der Waals surface area contributed by atoms with Crippen molar-refractivity contribution in [3.63, 3.8) is 0 Å². The Kier molecular flexibility index (Phi) is 8.05. The van der Waals surface area contributed by atoms with Crippen molar-refractivity contribution < 1.29 is 50.9 Å². The van der Waals surface area contributed by atoms with E-state index >= 15 is 0 Å². The molecule has 1 aromatic carbocycles. The quantitative estimate of drug-likeness (QED) is 0.270. The molecule has 1 aromatic heterocycles. The van der Waals surface area contributed by atoms with Gasteiger partial charge in [0.2, 0.25) is 5.82 Å². The molecular weight excluding hydrogens is 521 g/mol. The van der Waals surface area contributed by atoms with E-state index in [1.165, 1.54) is 30.3 Å². The summed E-state index contributed by atoms with van der Waals surface area (Å²) in [6.45, 7) is 0.976. The van der Waals surface area contributed by atoms with E-state index in [-0.39, 0.29) is 5.75 Å². The lowest BCUT2D eigenvalue weighted by Gasteiger charge is -2.31. The minimum atomic E-state index is -5.36. The molecular formula is C19H20F4N3O9P. The number of hydrogen-bond acceptors (Lipinski definition) is 8. The molecule has 1 aliphatic heterocycles. The number of aliphatic hydroxyl groups excluding tert-OH is 1. The standard InChI is InChI=1S/C19H20F4N3O9P/c1-9(17(29)30)25-36(32,34-10-5-3-2-4-6-10)35-15(19(21,22)23)14-12(27)7-13(33-14)26-8-11(20)16(28)24-18(26)31/h2-6,8-9,12-15,27H,7H2,1H3,(H,25,32)(H,29,30)(H,24,28,31)/t9?,12-,13+,14-,15?,36-/m0/s1. The van der Waals surface area contributed by atoms with E-state index in [0.717, 1.165) is 6.92 Å². The van der Waals surface area contributed by atoms with E-state index < -0.39 is 74.0 Å². The lowest BCUT2D eigenvalue weighted by atomic mass is 10.1. The van der Waals surface area contributed by atoms with Crippen molar-refractivity contribution in [2.45, 2.75) is 50.1 Å². The SMILES string of the molecule is CC(N[P@](=O)(Oc1ccccc1)OC([C@H]1O[C@@H](n2cc(F)c(=O)[nH]c2=O)C[C@@H]1O)C(F)(F)F)C(=O)O. The van der Waals surface area contributed by atoms with Gasteiger partial charge in [0, 0.05) is 6.42 Å². The molecule has 198 valence electrons. The molecule has 0 aliphatic carbocycles. The molecule has 1 fully saturated rings. The predicted molar refractivity (Wildman–Crippen MR) is 112 cm³/mol. The first kappa shape index (κ1) is 27.5. The Hall–Kier alpha value is -3.04. The maximum absolute atomic E-state index is 14.0. The van der Waals surface area contributed by atoms with Gasteiger partial charge in [0.25, 0.3) is 5.56 Å². The summed E-state index contributed by atoms with van der Waals surface area (Å²) in [5.74, 6) is -3.25.